The van der Waals surface area contributed by atoms with Crippen LogP contribution < -0.4 is 4.90 Å². The number of aromatic nitrogens is 2. The Labute approximate surface area is 78.7 Å². The Hall–Kier alpha value is -0.160. The van der Waals surface area contributed by atoms with Crippen molar-refractivity contribution in [3.8, 4) is 0 Å². The normalized spacial score (nSPS) is 10.0. The summed E-state index contributed by atoms with van der Waals surface area (Å²) < 4.78 is 3.95. The van der Waals surface area contributed by atoms with Gasteiger partial charge in [0.2, 0.25) is 5.13 Å². The van der Waals surface area contributed by atoms with Crippen LogP contribution in [0.5, 0.6) is 0 Å². The van der Waals surface area contributed by atoms with Crippen LogP contribution in [0.1, 0.15) is 6.92 Å². The summed E-state index contributed by atoms with van der Waals surface area (Å²) in [6.07, 6.45) is 1.59. The molecule has 0 bridgehead atoms. The Morgan fingerprint density at radius 3 is 3.00 bits per heavy atom. The topological polar surface area (TPSA) is 29.0 Å². The van der Waals surface area contributed by atoms with Crippen LogP contribution in [0.15, 0.2) is 6.33 Å². The van der Waals surface area contributed by atoms with Crippen molar-refractivity contribution in [2.45, 2.75) is 6.92 Å². The monoisotopic (exact) mass is 235 g/mol. The minimum absolute atomic E-state index is 0.973. The van der Waals surface area contributed by atoms with Crippen molar-refractivity contribution in [2.75, 3.05) is 23.3 Å². The fourth-order valence-corrected chi connectivity index (χ4v) is 1.84. The van der Waals surface area contributed by atoms with E-state index in [1.165, 1.54) is 11.5 Å². The second-order valence-electron chi connectivity index (χ2n) is 1.99. The molecule has 1 heterocycles. The highest BCUT2D eigenvalue weighted by atomic mass is 79.9. The first-order valence-electron chi connectivity index (χ1n) is 3.46. The Kier molecular flexibility index (Phi) is 3.79. The van der Waals surface area contributed by atoms with Crippen LogP contribution in [-0.2, 0) is 0 Å². The molecule has 3 nitrogen and oxygen atoms in total. The van der Waals surface area contributed by atoms with Crippen molar-refractivity contribution in [3.63, 3.8) is 0 Å². The quantitative estimate of drug-likeness (QED) is 0.746. The Bertz CT molecular complexity index is 190. The molecule has 1 aromatic heterocycles. The third kappa shape index (κ3) is 2.41. The lowest BCUT2D eigenvalue weighted by atomic mass is 10.6. The van der Waals surface area contributed by atoms with E-state index in [0.29, 0.717) is 0 Å². The van der Waals surface area contributed by atoms with Crippen molar-refractivity contribution in [1.82, 2.24) is 9.36 Å². The summed E-state index contributed by atoms with van der Waals surface area (Å²) in [4.78, 5) is 6.31. The summed E-state index contributed by atoms with van der Waals surface area (Å²) in [7, 11) is 0. The molecule has 0 atom stereocenters. The fraction of sp³-hybridized carbons (Fsp3) is 0.667. The Balaban J connectivity index is 2.56. The maximum Gasteiger partial charge on any atom is 0.204 e. The predicted octanol–water partition coefficient (Wildman–Crippen LogP) is 1.76. The van der Waals surface area contributed by atoms with Gasteiger partial charge in [-0.25, -0.2) is 4.98 Å². The van der Waals surface area contributed by atoms with Crippen LogP contribution in [0.4, 0.5) is 5.13 Å². The van der Waals surface area contributed by atoms with Gasteiger partial charge in [0, 0.05) is 30.0 Å². The molecular formula is C6H10BrN3S. The molecule has 0 spiro atoms. The van der Waals surface area contributed by atoms with E-state index in [-0.39, 0.29) is 0 Å². The first kappa shape index (κ1) is 8.93. The zero-order valence-corrected chi connectivity index (χ0v) is 8.73. The van der Waals surface area contributed by atoms with Crippen LogP contribution in [-0.4, -0.2) is 27.8 Å². The molecular weight excluding hydrogens is 226 g/mol. The standard InChI is InChI=1S/C6H10BrN3S/c1-2-10(4-3-7)6-8-5-9-11-6/h5H,2-4H2,1H3. The molecule has 0 unspecified atom stereocenters. The van der Waals surface area contributed by atoms with Crippen LogP contribution in [0.3, 0.4) is 0 Å². The molecule has 0 fully saturated rings. The molecule has 0 N–H and O–H groups in total. The zero-order valence-electron chi connectivity index (χ0n) is 6.33. The molecule has 0 aliphatic carbocycles. The van der Waals surface area contributed by atoms with E-state index in [9.17, 15) is 0 Å². The summed E-state index contributed by atoms with van der Waals surface area (Å²) in [5.41, 5.74) is 0. The Morgan fingerprint density at radius 2 is 2.55 bits per heavy atom. The first-order valence-corrected chi connectivity index (χ1v) is 5.35. The van der Waals surface area contributed by atoms with Crippen molar-refractivity contribution in [2.24, 2.45) is 0 Å². The highest BCUT2D eigenvalue weighted by molar-refractivity contribution is 9.09. The van der Waals surface area contributed by atoms with Crippen molar-refractivity contribution >= 4 is 32.6 Å². The predicted molar refractivity (Wildman–Crippen MR) is 51.6 cm³/mol. The summed E-state index contributed by atoms with van der Waals surface area (Å²) in [6.45, 7) is 4.09. The molecule has 0 saturated heterocycles. The number of rotatable bonds is 4. The van der Waals surface area contributed by atoms with Gasteiger partial charge in [0.1, 0.15) is 6.33 Å². The van der Waals surface area contributed by atoms with Crippen molar-refractivity contribution in [1.29, 1.82) is 0 Å². The van der Waals surface area contributed by atoms with Crippen LogP contribution in [0.25, 0.3) is 0 Å². The van der Waals surface area contributed by atoms with Crippen LogP contribution >= 0.6 is 27.5 Å². The highest BCUT2D eigenvalue weighted by Gasteiger charge is 2.04. The summed E-state index contributed by atoms with van der Waals surface area (Å²) in [6, 6.07) is 0. The number of hydrogen-bond acceptors (Lipinski definition) is 4. The smallest absolute Gasteiger partial charge is 0.204 e. The maximum atomic E-state index is 4.12. The molecule has 1 aromatic rings. The molecule has 11 heavy (non-hydrogen) atoms. The van der Waals surface area contributed by atoms with Gasteiger partial charge in [-0.1, -0.05) is 15.9 Å². The van der Waals surface area contributed by atoms with E-state index in [1.54, 1.807) is 6.33 Å². The van der Waals surface area contributed by atoms with E-state index in [2.05, 4.69) is 37.1 Å². The van der Waals surface area contributed by atoms with Gasteiger partial charge in [-0.15, -0.1) is 0 Å². The summed E-state index contributed by atoms with van der Waals surface area (Å²) in [5.74, 6) is 0. The third-order valence-electron chi connectivity index (χ3n) is 1.36. The number of nitrogens with zero attached hydrogens (tertiary/aromatic N) is 3. The molecule has 0 aliphatic heterocycles. The minimum Gasteiger partial charge on any atom is -0.346 e. The average Bonchev–Trinajstić information content (AvgIpc) is 2.52. The van der Waals surface area contributed by atoms with E-state index < -0.39 is 0 Å². The van der Waals surface area contributed by atoms with Gasteiger partial charge < -0.3 is 4.90 Å². The second kappa shape index (κ2) is 4.66. The van der Waals surface area contributed by atoms with Crippen molar-refractivity contribution in [3.05, 3.63) is 6.33 Å². The molecule has 1 rings (SSSR count). The highest BCUT2D eigenvalue weighted by Crippen LogP contribution is 2.13. The van der Waals surface area contributed by atoms with E-state index in [0.717, 1.165) is 23.6 Å². The molecule has 0 aliphatic rings. The third-order valence-corrected chi connectivity index (χ3v) is 2.44. The number of halogens is 1. The second-order valence-corrected chi connectivity index (χ2v) is 3.54. The summed E-state index contributed by atoms with van der Waals surface area (Å²) in [5, 5.41) is 1.98. The van der Waals surface area contributed by atoms with Crippen LogP contribution in [0, 0.1) is 0 Å². The Morgan fingerprint density at radius 1 is 1.73 bits per heavy atom. The number of hydrogen-bond donors (Lipinski definition) is 0. The van der Waals surface area contributed by atoms with Gasteiger partial charge >= 0.3 is 0 Å². The minimum atomic E-state index is 0.973. The van der Waals surface area contributed by atoms with E-state index >= 15 is 0 Å². The lowest BCUT2D eigenvalue weighted by Crippen LogP contribution is -2.24. The van der Waals surface area contributed by atoms with Gasteiger partial charge in [-0.2, -0.15) is 4.37 Å². The molecule has 62 valence electrons. The maximum absolute atomic E-state index is 4.12. The first-order chi connectivity index (χ1) is 5.38. The lowest BCUT2D eigenvalue weighted by Gasteiger charge is -2.16. The van der Waals surface area contributed by atoms with Gasteiger partial charge in [0.05, 0.1) is 0 Å². The largest absolute Gasteiger partial charge is 0.346 e. The molecule has 0 saturated carbocycles. The SMILES string of the molecule is CCN(CCBr)c1ncns1. The zero-order chi connectivity index (χ0) is 8.10. The average molecular weight is 236 g/mol. The van der Waals surface area contributed by atoms with Gasteiger partial charge in [0.25, 0.3) is 0 Å². The van der Waals surface area contributed by atoms with Crippen LogP contribution in [0.2, 0.25) is 0 Å². The number of alkyl halides is 1. The van der Waals surface area contributed by atoms with Gasteiger partial charge in [0.15, 0.2) is 0 Å². The van der Waals surface area contributed by atoms with E-state index in [1.807, 2.05) is 0 Å². The molecule has 0 amide bonds. The molecule has 5 heteroatoms. The fourth-order valence-electron chi connectivity index (χ4n) is 0.798. The molecule has 0 aromatic carbocycles. The van der Waals surface area contributed by atoms with E-state index in [4.69, 9.17) is 0 Å². The lowest BCUT2D eigenvalue weighted by molar-refractivity contribution is 0.868. The van der Waals surface area contributed by atoms with Gasteiger partial charge in [-0.3, -0.25) is 0 Å². The summed E-state index contributed by atoms with van der Waals surface area (Å²) >= 11 is 4.83. The molecule has 0 radical (unpaired) electrons. The van der Waals surface area contributed by atoms with Gasteiger partial charge in [-0.05, 0) is 6.92 Å². The number of anilines is 1. The van der Waals surface area contributed by atoms with Crippen molar-refractivity contribution < 1.29 is 0 Å².